The first-order valence-corrected chi connectivity index (χ1v) is 4.23. The van der Waals surface area contributed by atoms with Crippen LogP contribution in [0.2, 0.25) is 0 Å². The molecule has 0 aliphatic heterocycles. The highest BCUT2D eigenvalue weighted by molar-refractivity contribution is 5.25. The fourth-order valence-electron chi connectivity index (χ4n) is 1.11. The Morgan fingerprint density at radius 2 is 1.62 bits per heavy atom. The van der Waals surface area contributed by atoms with E-state index >= 15 is 0 Å². The minimum absolute atomic E-state index is 0.0629. The molecular formula is C10H13F2N. The monoisotopic (exact) mass is 185 g/mol. The van der Waals surface area contributed by atoms with Gasteiger partial charge in [-0.25, -0.2) is 8.78 Å². The van der Waals surface area contributed by atoms with Crippen molar-refractivity contribution in [3.8, 4) is 0 Å². The first kappa shape index (κ1) is 10.1. The maximum absolute atomic E-state index is 12.2. The average molecular weight is 185 g/mol. The predicted molar refractivity (Wildman–Crippen MR) is 48.9 cm³/mol. The molecule has 13 heavy (non-hydrogen) atoms. The Morgan fingerprint density at radius 1 is 1.15 bits per heavy atom. The Bertz CT molecular complexity index is 256. The van der Waals surface area contributed by atoms with Crippen molar-refractivity contribution in [3.05, 3.63) is 35.4 Å². The van der Waals surface area contributed by atoms with Gasteiger partial charge in [-0.05, 0) is 18.0 Å². The van der Waals surface area contributed by atoms with E-state index in [-0.39, 0.29) is 11.5 Å². The second kappa shape index (κ2) is 4.33. The van der Waals surface area contributed by atoms with E-state index < -0.39 is 6.43 Å². The zero-order valence-corrected chi connectivity index (χ0v) is 7.50. The van der Waals surface area contributed by atoms with Crippen molar-refractivity contribution in [2.45, 2.75) is 19.3 Å². The van der Waals surface area contributed by atoms with Gasteiger partial charge in [-0.2, -0.15) is 0 Å². The van der Waals surface area contributed by atoms with Gasteiger partial charge in [0.2, 0.25) is 0 Å². The second-order valence-corrected chi connectivity index (χ2v) is 3.10. The zero-order chi connectivity index (χ0) is 9.84. The molecule has 0 aliphatic rings. The molecule has 1 aromatic rings. The summed E-state index contributed by atoms with van der Waals surface area (Å²) in [5, 5.41) is 0. The highest BCUT2D eigenvalue weighted by Gasteiger charge is 2.07. The number of benzene rings is 1. The molecule has 0 unspecified atom stereocenters. The minimum atomic E-state index is -2.39. The third-order valence-electron chi connectivity index (χ3n) is 2.11. The van der Waals surface area contributed by atoms with Crippen LogP contribution in [0.1, 0.15) is 30.4 Å². The number of hydrogen-bond donors (Lipinski definition) is 1. The molecule has 2 N–H and O–H groups in total. The summed E-state index contributed by atoms with van der Waals surface area (Å²) in [6.07, 6.45) is -2.39. The SMILES string of the molecule is C[C@H](CN)c1ccc(C(F)F)cc1. The molecule has 1 rings (SSSR count). The topological polar surface area (TPSA) is 26.0 Å². The summed E-state index contributed by atoms with van der Waals surface area (Å²) in [6.45, 7) is 2.51. The van der Waals surface area contributed by atoms with Crippen LogP contribution in [0.4, 0.5) is 8.78 Å². The number of alkyl halides is 2. The van der Waals surface area contributed by atoms with Crippen LogP contribution in [0, 0.1) is 0 Å². The van der Waals surface area contributed by atoms with E-state index in [1.54, 1.807) is 12.1 Å². The molecule has 0 aliphatic carbocycles. The van der Waals surface area contributed by atoms with Crippen molar-refractivity contribution in [3.63, 3.8) is 0 Å². The lowest BCUT2D eigenvalue weighted by Crippen LogP contribution is -2.08. The van der Waals surface area contributed by atoms with E-state index in [0.29, 0.717) is 6.54 Å². The predicted octanol–water partition coefficient (Wildman–Crippen LogP) is 2.69. The first-order valence-electron chi connectivity index (χ1n) is 4.23. The summed E-state index contributed by atoms with van der Waals surface area (Å²) in [5.41, 5.74) is 6.52. The Labute approximate surface area is 76.6 Å². The van der Waals surface area contributed by atoms with Crippen LogP contribution in [0.3, 0.4) is 0 Å². The van der Waals surface area contributed by atoms with Crippen LogP contribution in [-0.4, -0.2) is 6.54 Å². The first-order chi connectivity index (χ1) is 6.15. The standard InChI is InChI=1S/C10H13F2N/c1-7(6-13)8-2-4-9(5-3-8)10(11)12/h2-5,7,10H,6,13H2,1H3/t7-/m1/s1. The summed E-state index contributed by atoms with van der Waals surface area (Å²) in [5.74, 6) is 0.228. The molecule has 72 valence electrons. The van der Waals surface area contributed by atoms with Gasteiger partial charge in [-0.15, -0.1) is 0 Å². The lowest BCUT2D eigenvalue weighted by molar-refractivity contribution is 0.151. The van der Waals surface area contributed by atoms with Crippen molar-refractivity contribution >= 4 is 0 Å². The number of hydrogen-bond acceptors (Lipinski definition) is 1. The van der Waals surface area contributed by atoms with Crippen molar-refractivity contribution in [1.82, 2.24) is 0 Å². The number of halogens is 2. The Kier molecular flexibility index (Phi) is 3.37. The van der Waals surface area contributed by atoms with Crippen LogP contribution < -0.4 is 5.73 Å². The summed E-state index contributed by atoms with van der Waals surface area (Å²) in [6, 6.07) is 6.32. The Hall–Kier alpha value is -0.960. The molecule has 0 saturated carbocycles. The summed E-state index contributed by atoms with van der Waals surface area (Å²) < 4.78 is 24.3. The third-order valence-corrected chi connectivity index (χ3v) is 2.11. The van der Waals surface area contributed by atoms with Crippen LogP contribution >= 0.6 is 0 Å². The van der Waals surface area contributed by atoms with Gasteiger partial charge in [0.05, 0.1) is 0 Å². The van der Waals surface area contributed by atoms with E-state index in [2.05, 4.69) is 0 Å². The molecule has 0 amide bonds. The van der Waals surface area contributed by atoms with Crippen molar-refractivity contribution < 1.29 is 8.78 Å². The molecule has 0 aromatic heterocycles. The molecule has 0 saturated heterocycles. The van der Waals surface area contributed by atoms with Gasteiger partial charge in [0.1, 0.15) is 0 Å². The van der Waals surface area contributed by atoms with Crippen LogP contribution in [0.5, 0.6) is 0 Å². The molecule has 1 atom stereocenters. The summed E-state index contributed by atoms with van der Waals surface area (Å²) >= 11 is 0. The van der Waals surface area contributed by atoms with Crippen LogP contribution in [-0.2, 0) is 0 Å². The van der Waals surface area contributed by atoms with E-state index in [4.69, 9.17) is 5.73 Å². The molecule has 1 nitrogen and oxygen atoms in total. The van der Waals surface area contributed by atoms with E-state index in [0.717, 1.165) is 5.56 Å². The smallest absolute Gasteiger partial charge is 0.263 e. The largest absolute Gasteiger partial charge is 0.330 e. The van der Waals surface area contributed by atoms with Crippen molar-refractivity contribution in [1.29, 1.82) is 0 Å². The normalized spacial score (nSPS) is 13.3. The van der Waals surface area contributed by atoms with E-state index in [1.165, 1.54) is 12.1 Å². The fraction of sp³-hybridized carbons (Fsp3) is 0.400. The van der Waals surface area contributed by atoms with Crippen LogP contribution in [0.15, 0.2) is 24.3 Å². The van der Waals surface area contributed by atoms with Gasteiger partial charge in [-0.3, -0.25) is 0 Å². The third kappa shape index (κ3) is 2.49. The summed E-state index contributed by atoms with van der Waals surface area (Å²) in [4.78, 5) is 0. The number of nitrogens with two attached hydrogens (primary N) is 1. The lowest BCUT2D eigenvalue weighted by Gasteiger charge is -2.09. The van der Waals surface area contributed by atoms with Gasteiger partial charge in [0, 0.05) is 5.56 Å². The minimum Gasteiger partial charge on any atom is -0.330 e. The lowest BCUT2D eigenvalue weighted by atomic mass is 10.0. The molecule has 0 radical (unpaired) electrons. The molecular weight excluding hydrogens is 172 g/mol. The summed E-state index contributed by atoms with van der Waals surface area (Å²) in [7, 11) is 0. The van der Waals surface area contributed by atoms with Crippen molar-refractivity contribution in [2.75, 3.05) is 6.54 Å². The Balaban J connectivity index is 2.81. The van der Waals surface area contributed by atoms with Gasteiger partial charge < -0.3 is 5.73 Å². The Morgan fingerprint density at radius 3 is 2.00 bits per heavy atom. The maximum Gasteiger partial charge on any atom is 0.263 e. The highest BCUT2D eigenvalue weighted by atomic mass is 19.3. The van der Waals surface area contributed by atoms with Gasteiger partial charge >= 0.3 is 0 Å². The van der Waals surface area contributed by atoms with Gasteiger partial charge in [-0.1, -0.05) is 31.2 Å². The van der Waals surface area contributed by atoms with Gasteiger partial charge in [0.15, 0.2) is 0 Å². The molecule has 0 bridgehead atoms. The van der Waals surface area contributed by atoms with Crippen molar-refractivity contribution in [2.24, 2.45) is 5.73 Å². The molecule has 0 spiro atoms. The molecule has 0 fully saturated rings. The maximum atomic E-state index is 12.2. The quantitative estimate of drug-likeness (QED) is 0.769. The second-order valence-electron chi connectivity index (χ2n) is 3.10. The molecule has 3 heteroatoms. The zero-order valence-electron chi connectivity index (χ0n) is 7.50. The molecule has 1 aromatic carbocycles. The highest BCUT2D eigenvalue weighted by Crippen LogP contribution is 2.21. The van der Waals surface area contributed by atoms with E-state index in [9.17, 15) is 8.78 Å². The molecule has 0 heterocycles. The fourth-order valence-corrected chi connectivity index (χ4v) is 1.11. The number of rotatable bonds is 3. The van der Waals surface area contributed by atoms with E-state index in [1.807, 2.05) is 6.92 Å². The van der Waals surface area contributed by atoms with Gasteiger partial charge in [0.25, 0.3) is 6.43 Å². The average Bonchev–Trinajstić information content (AvgIpc) is 2.17. The van der Waals surface area contributed by atoms with Crippen LogP contribution in [0.25, 0.3) is 0 Å².